The molecule has 78 valence electrons. The second-order valence-electron chi connectivity index (χ2n) is 2.53. The fourth-order valence-electron chi connectivity index (χ4n) is 0.731. The molecule has 1 heterocycles. The molecule has 1 aromatic heterocycles. The minimum Gasteiger partial charge on any atom is -0.480 e. The van der Waals surface area contributed by atoms with Crippen molar-refractivity contribution in [1.29, 1.82) is 0 Å². The minimum atomic E-state index is -3.41. The van der Waals surface area contributed by atoms with Gasteiger partial charge in [-0.05, 0) is 0 Å². The average Bonchev–Trinajstić information content (AvgIpc) is 2.30. The number of carbonyl (C=O) groups is 1. The number of anilines is 1. The molecule has 0 atom stereocenters. The van der Waals surface area contributed by atoms with Gasteiger partial charge in [-0.3, -0.25) is 9.52 Å². The summed E-state index contributed by atoms with van der Waals surface area (Å²) in [4.78, 5) is 11.1. The van der Waals surface area contributed by atoms with Crippen molar-refractivity contribution in [3.8, 4) is 0 Å². The van der Waals surface area contributed by atoms with Crippen LogP contribution in [0.4, 0.5) is 5.82 Å². The van der Waals surface area contributed by atoms with Gasteiger partial charge in [0, 0.05) is 0 Å². The highest BCUT2D eigenvalue weighted by Crippen LogP contribution is 2.00. The van der Waals surface area contributed by atoms with Crippen LogP contribution in [0.5, 0.6) is 0 Å². The van der Waals surface area contributed by atoms with Crippen molar-refractivity contribution < 1.29 is 18.3 Å². The van der Waals surface area contributed by atoms with Crippen LogP contribution in [0.25, 0.3) is 0 Å². The van der Waals surface area contributed by atoms with Gasteiger partial charge in [-0.15, -0.1) is 5.10 Å². The first-order chi connectivity index (χ1) is 6.37. The summed E-state index contributed by atoms with van der Waals surface area (Å²) < 4.78 is 23.5. The number of sulfonamides is 1. The van der Waals surface area contributed by atoms with Crippen LogP contribution < -0.4 is 4.72 Å². The molecule has 0 saturated carbocycles. The van der Waals surface area contributed by atoms with E-state index in [0.29, 0.717) is 0 Å². The molecule has 2 N–H and O–H groups in total. The third-order valence-electron chi connectivity index (χ3n) is 1.10. The summed E-state index contributed by atoms with van der Waals surface area (Å²) in [6.45, 7) is -0.411. The summed E-state index contributed by atoms with van der Waals surface area (Å²) in [7, 11) is -3.41. The maximum Gasteiger partial charge on any atom is 0.327 e. The summed E-state index contributed by atoms with van der Waals surface area (Å²) in [5, 5.41) is 15.5. The normalized spacial score (nSPS) is 11.2. The summed E-state index contributed by atoms with van der Waals surface area (Å²) in [5.74, 6) is -1.11. The molecule has 8 nitrogen and oxygen atoms in total. The van der Waals surface area contributed by atoms with Crippen molar-refractivity contribution in [2.45, 2.75) is 6.54 Å². The quantitative estimate of drug-likeness (QED) is 0.654. The van der Waals surface area contributed by atoms with Gasteiger partial charge in [-0.25, -0.2) is 8.42 Å². The van der Waals surface area contributed by atoms with Crippen LogP contribution in [0.1, 0.15) is 0 Å². The molecule has 0 bridgehead atoms. The van der Waals surface area contributed by atoms with Crippen molar-refractivity contribution in [2.75, 3.05) is 11.0 Å². The Bertz CT molecular complexity index is 436. The van der Waals surface area contributed by atoms with Crippen molar-refractivity contribution in [3.05, 3.63) is 6.20 Å². The third kappa shape index (κ3) is 3.39. The van der Waals surface area contributed by atoms with Gasteiger partial charge in [0.15, 0.2) is 12.4 Å². The highest BCUT2D eigenvalue weighted by Gasteiger charge is 2.07. The molecule has 0 radical (unpaired) electrons. The van der Waals surface area contributed by atoms with Crippen LogP contribution >= 0.6 is 0 Å². The van der Waals surface area contributed by atoms with E-state index < -0.39 is 22.5 Å². The molecule has 0 aliphatic carbocycles. The largest absolute Gasteiger partial charge is 0.480 e. The molecule has 0 aliphatic rings. The highest BCUT2D eigenvalue weighted by molar-refractivity contribution is 7.92. The van der Waals surface area contributed by atoms with Gasteiger partial charge in [-0.2, -0.15) is 9.90 Å². The van der Waals surface area contributed by atoms with Gasteiger partial charge in [0.25, 0.3) is 0 Å². The lowest BCUT2D eigenvalue weighted by molar-refractivity contribution is -0.138. The lowest BCUT2D eigenvalue weighted by Crippen LogP contribution is -2.13. The molecular formula is C5H8N4O4S. The second-order valence-corrected chi connectivity index (χ2v) is 4.28. The molecule has 0 amide bonds. The number of nitrogens with one attached hydrogen (secondary N) is 1. The summed E-state index contributed by atoms with van der Waals surface area (Å²) in [5.41, 5.74) is 0. The Morgan fingerprint density at radius 2 is 2.36 bits per heavy atom. The Kier molecular flexibility index (Phi) is 2.70. The zero-order valence-corrected chi connectivity index (χ0v) is 8.02. The third-order valence-corrected chi connectivity index (χ3v) is 1.68. The molecule has 0 aliphatic heterocycles. The number of hydrogen-bond acceptors (Lipinski definition) is 5. The van der Waals surface area contributed by atoms with E-state index in [2.05, 4.69) is 14.9 Å². The molecule has 0 spiro atoms. The monoisotopic (exact) mass is 220 g/mol. The topological polar surface area (TPSA) is 114 Å². The van der Waals surface area contributed by atoms with E-state index in [9.17, 15) is 13.2 Å². The molecular weight excluding hydrogens is 212 g/mol. The maximum absolute atomic E-state index is 10.7. The van der Waals surface area contributed by atoms with Gasteiger partial charge in [0.05, 0.1) is 12.5 Å². The average molecular weight is 220 g/mol. The highest BCUT2D eigenvalue weighted by atomic mass is 32.2. The Morgan fingerprint density at radius 3 is 2.86 bits per heavy atom. The van der Waals surface area contributed by atoms with Gasteiger partial charge in [0.2, 0.25) is 10.0 Å². The van der Waals surface area contributed by atoms with Crippen LogP contribution in [0.2, 0.25) is 0 Å². The first-order valence-electron chi connectivity index (χ1n) is 3.46. The van der Waals surface area contributed by atoms with Crippen molar-refractivity contribution in [3.63, 3.8) is 0 Å². The molecule has 14 heavy (non-hydrogen) atoms. The number of aliphatic carboxylic acids is 1. The number of rotatable bonds is 4. The van der Waals surface area contributed by atoms with Crippen molar-refractivity contribution in [2.24, 2.45) is 0 Å². The standard InChI is InChI=1S/C5H8N4O4S/c1-14(12,13)8-4-2-6-9(7-4)3-5(10)11/h2H,3H2,1H3,(H,7,8)(H,10,11). The molecule has 0 saturated heterocycles. The number of hydrogen-bond donors (Lipinski definition) is 2. The van der Waals surface area contributed by atoms with Crippen LogP contribution in [-0.2, 0) is 21.4 Å². The predicted molar refractivity (Wildman–Crippen MR) is 46.1 cm³/mol. The first-order valence-corrected chi connectivity index (χ1v) is 5.36. The molecule has 9 heteroatoms. The fourth-order valence-corrected chi connectivity index (χ4v) is 1.20. The number of nitrogens with zero attached hydrogens (tertiary/aromatic N) is 3. The van der Waals surface area contributed by atoms with E-state index in [0.717, 1.165) is 17.2 Å². The molecule has 1 rings (SSSR count). The molecule has 0 fully saturated rings. The minimum absolute atomic E-state index is 0.00579. The maximum atomic E-state index is 10.7. The fraction of sp³-hybridized carbons (Fsp3) is 0.400. The van der Waals surface area contributed by atoms with Crippen molar-refractivity contribution in [1.82, 2.24) is 15.0 Å². The summed E-state index contributed by atoms with van der Waals surface area (Å²) >= 11 is 0. The van der Waals surface area contributed by atoms with E-state index >= 15 is 0 Å². The Morgan fingerprint density at radius 1 is 1.71 bits per heavy atom. The van der Waals surface area contributed by atoms with Crippen LogP contribution in [0, 0.1) is 0 Å². The van der Waals surface area contributed by atoms with Crippen LogP contribution in [-0.4, -0.2) is 40.7 Å². The zero-order chi connectivity index (χ0) is 10.8. The number of carboxylic acids is 1. The first kappa shape index (κ1) is 10.4. The van der Waals surface area contributed by atoms with Gasteiger partial charge in [-0.1, -0.05) is 0 Å². The summed E-state index contributed by atoms with van der Waals surface area (Å²) in [6, 6.07) is 0. The number of aromatic nitrogens is 3. The Balaban J connectivity index is 2.74. The smallest absolute Gasteiger partial charge is 0.327 e. The number of carboxylic acid groups (broad SMARTS) is 1. The predicted octanol–water partition coefficient (Wildman–Crippen LogP) is -1.27. The van der Waals surface area contributed by atoms with E-state index in [1.807, 2.05) is 0 Å². The second kappa shape index (κ2) is 3.62. The van der Waals surface area contributed by atoms with Gasteiger partial charge < -0.3 is 5.11 Å². The lowest BCUT2D eigenvalue weighted by Gasteiger charge is -1.96. The molecule has 1 aromatic rings. The van der Waals surface area contributed by atoms with Gasteiger partial charge in [0.1, 0.15) is 0 Å². The van der Waals surface area contributed by atoms with E-state index in [1.165, 1.54) is 0 Å². The van der Waals surface area contributed by atoms with Crippen molar-refractivity contribution >= 4 is 21.8 Å². The van der Waals surface area contributed by atoms with E-state index in [4.69, 9.17) is 5.11 Å². The van der Waals surface area contributed by atoms with Crippen LogP contribution in [0.15, 0.2) is 6.20 Å². The lowest BCUT2D eigenvalue weighted by atomic mass is 10.7. The summed E-state index contributed by atoms with van der Waals surface area (Å²) in [6.07, 6.45) is 2.09. The SMILES string of the molecule is CS(=O)(=O)Nc1cnn(CC(=O)O)n1. The van der Waals surface area contributed by atoms with E-state index in [1.54, 1.807) is 0 Å². The molecule has 0 aromatic carbocycles. The van der Waals surface area contributed by atoms with Gasteiger partial charge >= 0.3 is 5.97 Å². The Labute approximate surface area is 79.6 Å². The molecule has 0 unspecified atom stereocenters. The van der Waals surface area contributed by atoms with E-state index in [-0.39, 0.29) is 5.82 Å². The zero-order valence-electron chi connectivity index (χ0n) is 7.21. The Hall–Kier alpha value is -1.64. The van der Waals surface area contributed by atoms with Crippen LogP contribution in [0.3, 0.4) is 0 Å².